The van der Waals surface area contributed by atoms with Crippen molar-refractivity contribution in [3.63, 3.8) is 0 Å². The van der Waals surface area contributed by atoms with Crippen molar-refractivity contribution in [1.82, 2.24) is 14.6 Å². The molecule has 2 heterocycles. The van der Waals surface area contributed by atoms with Gasteiger partial charge in [-0.25, -0.2) is 8.91 Å². The highest BCUT2D eigenvalue weighted by atomic mass is 19.1. The number of aliphatic hydroxyl groups excluding tert-OH is 1. The van der Waals surface area contributed by atoms with Crippen molar-refractivity contribution < 1.29 is 9.50 Å². The maximum Gasteiger partial charge on any atom is 0.277 e. The molecule has 5 nitrogen and oxygen atoms in total. The second-order valence-electron chi connectivity index (χ2n) is 3.72. The van der Waals surface area contributed by atoms with Crippen LogP contribution in [0.3, 0.4) is 0 Å². The molecule has 0 aliphatic rings. The lowest BCUT2D eigenvalue weighted by Crippen LogP contribution is -2.11. The molecule has 0 saturated heterocycles. The number of aromatic amines is 1. The van der Waals surface area contributed by atoms with E-state index in [0.717, 1.165) is 6.20 Å². The molecule has 0 aliphatic carbocycles. The second kappa shape index (κ2) is 3.39. The Morgan fingerprint density at radius 2 is 2.29 bits per heavy atom. The second-order valence-corrected chi connectivity index (χ2v) is 3.72. The molecule has 6 heteroatoms. The van der Waals surface area contributed by atoms with Crippen LogP contribution in [-0.2, 0) is 6.61 Å². The van der Waals surface area contributed by atoms with Gasteiger partial charge in [-0.15, -0.1) is 0 Å². The summed E-state index contributed by atoms with van der Waals surface area (Å²) in [7, 11) is 0. The van der Waals surface area contributed by atoms with Crippen molar-refractivity contribution in [2.24, 2.45) is 0 Å². The van der Waals surface area contributed by atoms with Gasteiger partial charge in [-0.1, -0.05) is 6.07 Å². The SMILES string of the molecule is O=c1[nH]c2cc(CO)ccc2n2ncc(F)c12. The lowest BCUT2D eigenvalue weighted by Gasteiger charge is -2.03. The summed E-state index contributed by atoms with van der Waals surface area (Å²) in [5.74, 6) is -0.653. The number of fused-ring (bicyclic) bond motifs is 3. The molecule has 0 spiro atoms. The number of hydrogen-bond acceptors (Lipinski definition) is 3. The highest BCUT2D eigenvalue weighted by molar-refractivity contribution is 5.78. The van der Waals surface area contributed by atoms with E-state index in [-0.39, 0.29) is 12.1 Å². The first-order valence-electron chi connectivity index (χ1n) is 5.00. The topological polar surface area (TPSA) is 70.4 Å². The van der Waals surface area contributed by atoms with Crippen LogP contribution in [0.4, 0.5) is 4.39 Å². The number of benzene rings is 1. The minimum Gasteiger partial charge on any atom is -0.392 e. The van der Waals surface area contributed by atoms with Crippen molar-refractivity contribution in [2.45, 2.75) is 6.61 Å². The van der Waals surface area contributed by atoms with Gasteiger partial charge in [0, 0.05) is 0 Å². The summed E-state index contributed by atoms with van der Waals surface area (Å²) >= 11 is 0. The first kappa shape index (κ1) is 9.98. The maximum atomic E-state index is 13.3. The molecule has 0 unspecified atom stereocenters. The Morgan fingerprint density at radius 3 is 3.06 bits per heavy atom. The largest absolute Gasteiger partial charge is 0.392 e. The Morgan fingerprint density at radius 1 is 1.47 bits per heavy atom. The van der Waals surface area contributed by atoms with Gasteiger partial charge in [-0.3, -0.25) is 4.79 Å². The molecule has 2 aromatic heterocycles. The first-order chi connectivity index (χ1) is 8.20. The number of aliphatic hydroxyl groups is 1. The zero-order chi connectivity index (χ0) is 12.0. The average Bonchev–Trinajstić information content (AvgIpc) is 2.71. The normalized spacial score (nSPS) is 11.4. The molecule has 0 aliphatic heterocycles. The van der Waals surface area contributed by atoms with Gasteiger partial charge >= 0.3 is 0 Å². The van der Waals surface area contributed by atoms with Gasteiger partial charge in [0.2, 0.25) is 0 Å². The summed E-state index contributed by atoms with van der Waals surface area (Å²) in [4.78, 5) is 14.2. The number of aromatic nitrogens is 3. The van der Waals surface area contributed by atoms with Gasteiger partial charge in [0.25, 0.3) is 5.56 Å². The Labute approximate surface area is 94.1 Å². The monoisotopic (exact) mass is 233 g/mol. The van der Waals surface area contributed by atoms with E-state index < -0.39 is 11.4 Å². The van der Waals surface area contributed by atoms with E-state index in [0.29, 0.717) is 16.6 Å². The van der Waals surface area contributed by atoms with Crippen molar-refractivity contribution in [3.05, 3.63) is 46.1 Å². The number of hydrogen-bond donors (Lipinski definition) is 2. The Balaban J connectivity index is 2.53. The van der Waals surface area contributed by atoms with Crippen molar-refractivity contribution in [3.8, 4) is 0 Å². The van der Waals surface area contributed by atoms with Crippen LogP contribution in [0.5, 0.6) is 0 Å². The standard InChI is InChI=1S/C11H8FN3O2/c12-7-4-13-15-9-2-1-6(5-16)3-8(9)14-11(17)10(7)15/h1-4,16H,5H2,(H,14,17). The fourth-order valence-electron chi connectivity index (χ4n) is 1.86. The van der Waals surface area contributed by atoms with E-state index in [1.165, 1.54) is 4.52 Å². The molecular weight excluding hydrogens is 225 g/mol. The van der Waals surface area contributed by atoms with Crippen LogP contribution < -0.4 is 5.56 Å². The summed E-state index contributed by atoms with van der Waals surface area (Å²) in [6.07, 6.45) is 1.00. The number of nitrogens with one attached hydrogen (secondary N) is 1. The van der Waals surface area contributed by atoms with Crippen LogP contribution in [0.1, 0.15) is 5.56 Å². The van der Waals surface area contributed by atoms with Gasteiger partial charge in [0.05, 0.1) is 23.8 Å². The Kier molecular flexibility index (Phi) is 1.99. The molecule has 0 radical (unpaired) electrons. The molecule has 0 saturated carbocycles. The average molecular weight is 233 g/mol. The van der Waals surface area contributed by atoms with E-state index in [2.05, 4.69) is 10.1 Å². The number of H-pyrrole nitrogens is 1. The van der Waals surface area contributed by atoms with Gasteiger partial charge in [0.15, 0.2) is 11.3 Å². The lowest BCUT2D eigenvalue weighted by molar-refractivity contribution is 0.282. The molecule has 0 atom stereocenters. The highest BCUT2D eigenvalue weighted by Gasteiger charge is 2.11. The molecule has 1 aromatic carbocycles. The van der Waals surface area contributed by atoms with E-state index in [1.807, 2.05) is 0 Å². The fraction of sp³-hybridized carbons (Fsp3) is 0.0909. The van der Waals surface area contributed by atoms with Gasteiger partial charge in [0.1, 0.15) is 0 Å². The predicted octanol–water partition coefficient (Wildman–Crippen LogP) is 0.807. The van der Waals surface area contributed by atoms with Crippen LogP contribution in [0, 0.1) is 5.82 Å². The summed E-state index contributed by atoms with van der Waals surface area (Å²) < 4.78 is 14.6. The molecule has 0 fully saturated rings. The van der Waals surface area contributed by atoms with E-state index >= 15 is 0 Å². The first-order valence-corrected chi connectivity index (χ1v) is 5.00. The molecule has 86 valence electrons. The van der Waals surface area contributed by atoms with Crippen molar-refractivity contribution in [2.75, 3.05) is 0 Å². The molecule has 0 amide bonds. The smallest absolute Gasteiger partial charge is 0.277 e. The summed E-state index contributed by atoms with van der Waals surface area (Å²) in [6, 6.07) is 5.01. The summed E-state index contributed by atoms with van der Waals surface area (Å²) in [5, 5.41) is 12.8. The third-order valence-corrected chi connectivity index (χ3v) is 2.66. The van der Waals surface area contributed by atoms with E-state index in [1.54, 1.807) is 18.2 Å². The minimum atomic E-state index is -0.653. The number of rotatable bonds is 1. The maximum absolute atomic E-state index is 13.3. The van der Waals surface area contributed by atoms with Crippen molar-refractivity contribution in [1.29, 1.82) is 0 Å². The molecular formula is C11H8FN3O2. The van der Waals surface area contributed by atoms with Crippen LogP contribution in [-0.4, -0.2) is 19.7 Å². The Hall–Kier alpha value is -2.21. The van der Waals surface area contributed by atoms with Crippen LogP contribution in [0.2, 0.25) is 0 Å². The number of halogens is 1. The third kappa shape index (κ3) is 1.34. The predicted molar refractivity (Wildman–Crippen MR) is 59.2 cm³/mol. The molecule has 2 N–H and O–H groups in total. The van der Waals surface area contributed by atoms with Crippen LogP contribution in [0.25, 0.3) is 16.6 Å². The quantitative estimate of drug-likeness (QED) is 0.653. The fourth-order valence-corrected chi connectivity index (χ4v) is 1.86. The van der Waals surface area contributed by atoms with Crippen LogP contribution in [0.15, 0.2) is 29.2 Å². The molecule has 0 bridgehead atoms. The summed E-state index contributed by atoms with van der Waals surface area (Å²) in [5.41, 5.74) is 1.12. The molecule has 17 heavy (non-hydrogen) atoms. The van der Waals surface area contributed by atoms with Crippen molar-refractivity contribution >= 4 is 16.6 Å². The minimum absolute atomic E-state index is 0.103. The van der Waals surface area contributed by atoms with E-state index in [4.69, 9.17) is 5.11 Å². The van der Waals surface area contributed by atoms with Gasteiger partial charge in [-0.2, -0.15) is 5.10 Å². The molecule has 3 aromatic rings. The third-order valence-electron chi connectivity index (χ3n) is 2.66. The number of nitrogens with zero attached hydrogens (tertiary/aromatic N) is 2. The van der Waals surface area contributed by atoms with Crippen LogP contribution >= 0.6 is 0 Å². The highest BCUT2D eigenvalue weighted by Crippen LogP contribution is 2.15. The zero-order valence-corrected chi connectivity index (χ0v) is 8.64. The van der Waals surface area contributed by atoms with E-state index in [9.17, 15) is 9.18 Å². The Bertz CT molecular complexity index is 775. The van der Waals surface area contributed by atoms with Gasteiger partial charge in [-0.05, 0) is 17.7 Å². The molecule has 3 rings (SSSR count). The lowest BCUT2D eigenvalue weighted by atomic mass is 10.2. The zero-order valence-electron chi connectivity index (χ0n) is 8.64. The summed E-state index contributed by atoms with van der Waals surface area (Å²) in [6.45, 7) is -0.122. The van der Waals surface area contributed by atoms with Gasteiger partial charge < -0.3 is 10.1 Å².